The van der Waals surface area contributed by atoms with E-state index in [1.807, 2.05) is 31.2 Å². The molecular formula is C16H22O3. The molecule has 104 valence electrons. The molecule has 0 saturated heterocycles. The van der Waals surface area contributed by atoms with Crippen LogP contribution in [-0.2, 0) is 14.9 Å². The first-order valence-electron chi connectivity index (χ1n) is 6.97. The summed E-state index contributed by atoms with van der Waals surface area (Å²) in [6.45, 7) is 1.97. The van der Waals surface area contributed by atoms with Crippen molar-refractivity contribution in [2.75, 3.05) is 7.11 Å². The quantitative estimate of drug-likeness (QED) is 0.900. The average Bonchev–Trinajstić information content (AvgIpc) is 2.47. The minimum atomic E-state index is -0.721. The van der Waals surface area contributed by atoms with Crippen LogP contribution in [-0.4, -0.2) is 18.2 Å². The molecule has 1 saturated carbocycles. The van der Waals surface area contributed by atoms with Gasteiger partial charge in [0.05, 0.1) is 11.5 Å². The largest absolute Gasteiger partial charge is 0.481 e. The molecule has 1 aromatic rings. The third kappa shape index (κ3) is 2.52. The molecule has 0 heterocycles. The van der Waals surface area contributed by atoms with Crippen LogP contribution in [0, 0.1) is 0 Å². The van der Waals surface area contributed by atoms with E-state index in [9.17, 15) is 9.90 Å². The molecule has 0 aromatic heterocycles. The van der Waals surface area contributed by atoms with E-state index in [1.54, 1.807) is 7.11 Å². The third-order valence-corrected chi connectivity index (χ3v) is 4.38. The number of carboxylic acid groups (broad SMARTS) is 1. The molecule has 2 rings (SSSR count). The Bertz CT molecular complexity index is 447. The van der Waals surface area contributed by atoms with Crippen LogP contribution in [0.25, 0.3) is 0 Å². The fourth-order valence-electron chi connectivity index (χ4n) is 3.17. The van der Waals surface area contributed by atoms with Gasteiger partial charge in [0.15, 0.2) is 0 Å². The van der Waals surface area contributed by atoms with Crippen LogP contribution in [0.4, 0.5) is 0 Å². The van der Waals surface area contributed by atoms with Crippen molar-refractivity contribution in [3.8, 4) is 0 Å². The summed E-state index contributed by atoms with van der Waals surface area (Å²) in [5.74, 6) is -0.692. The van der Waals surface area contributed by atoms with Crippen molar-refractivity contribution < 1.29 is 14.6 Å². The number of carbonyl (C=O) groups is 1. The third-order valence-electron chi connectivity index (χ3n) is 4.38. The van der Waals surface area contributed by atoms with E-state index in [2.05, 4.69) is 0 Å². The topological polar surface area (TPSA) is 46.5 Å². The van der Waals surface area contributed by atoms with Gasteiger partial charge in [-0.25, -0.2) is 0 Å². The van der Waals surface area contributed by atoms with Gasteiger partial charge in [0, 0.05) is 7.11 Å². The van der Waals surface area contributed by atoms with E-state index in [1.165, 1.54) is 0 Å². The second-order valence-electron chi connectivity index (χ2n) is 5.41. The van der Waals surface area contributed by atoms with Crippen LogP contribution >= 0.6 is 0 Å². The van der Waals surface area contributed by atoms with Crippen molar-refractivity contribution >= 4 is 5.97 Å². The molecule has 0 amide bonds. The molecule has 3 heteroatoms. The van der Waals surface area contributed by atoms with Crippen LogP contribution in [0.15, 0.2) is 24.3 Å². The Hall–Kier alpha value is -1.35. The molecule has 1 aliphatic carbocycles. The van der Waals surface area contributed by atoms with E-state index in [0.717, 1.165) is 43.2 Å². The smallest absolute Gasteiger partial charge is 0.314 e. The van der Waals surface area contributed by atoms with Crippen molar-refractivity contribution in [2.45, 2.75) is 50.5 Å². The normalized spacial score (nSPS) is 19.9. The number of hydrogen-bond donors (Lipinski definition) is 1. The first-order chi connectivity index (χ1) is 9.12. The Morgan fingerprint density at radius 1 is 1.26 bits per heavy atom. The molecule has 1 N–H and O–H groups in total. The highest BCUT2D eigenvalue weighted by molar-refractivity contribution is 5.82. The number of methoxy groups -OCH3 is 1. The minimum absolute atomic E-state index is 0.0747. The summed E-state index contributed by atoms with van der Waals surface area (Å²) in [6.07, 6.45) is 4.50. The van der Waals surface area contributed by atoms with Gasteiger partial charge in [0.25, 0.3) is 0 Å². The van der Waals surface area contributed by atoms with Gasteiger partial charge in [-0.2, -0.15) is 0 Å². The summed E-state index contributed by atoms with van der Waals surface area (Å²) >= 11 is 0. The van der Waals surface area contributed by atoms with Crippen molar-refractivity contribution in [3.63, 3.8) is 0 Å². The van der Waals surface area contributed by atoms with Crippen LogP contribution in [0.3, 0.4) is 0 Å². The fraction of sp³-hybridized carbons (Fsp3) is 0.562. The minimum Gasteiger partial charge on any atom is -0.481 e. The first-order valence-corrected chi connectivity index (χ1v) is 6.97. The molecule has 0 bridgehead atoms. The maximum Gasteiger partial charge on any atom is 0.314 e. The number of rotatable bonds is 4. The van der Waals surface area contributed by atoms with Crippen LogP contribution in [0.2, 0.25) is 0 Å². The van der Waals surface area contributed by atoms with E-state index in [0.29, 0.717) is 0 Å². The van der Waals surface area contributed by atoms with Gasteiger partial charge < -0.3 is 9.84 Å². The highest BCUT2D eigenvalue weighted by Crippen LogP contribution is 2.42. The van der Waals surface area contributed by atoms with Gasteiger partial charge in [-0.3, -0.25) is 4.79 Å². The van der Waals surface area contributed by atoms with E-state index >= 15 is 0 Å². The fourth-order valence-corrected chi connectivity index (χ4v) is 3.17. The number of carboxylic acids is 1. The number of hydrogen-bond acceptors (Lipinski definition) is 2. The van der Waals surface area contributed by atoms with E-state index < -0.39 is 11.4 Å². The predicted molar refractivity (Wildman–Crippen MR) is 74.3 cm³/mol. The highest BCUT2D eigenvalue weighted by Gasteiger charge is 2.42. The van der Waals surface area contributed by atoms with Crippen molar-refractivity contribution in [1.82, 2.24) is 0 Å². The molecule has 1 fully saturated rings. The van der Waals surface area contributed by atoms with Gasteiger partial charge in [-0.15, -0.1) is 0 Å². The summed E-state index contributed by atoms with van der Waals surface area (Å²) in [5.41, 5.74) is 1.23. The predicted octanol–water partition coefficient (Wildman–Crippen LogP) is 3.68. The Morgan fingerprint density at radius 3 is 2.47 bits per heavy atom. The standard InChI is InChI=1S/C16H22O3/c1-12(19-2)13-8-4-5-9-14(13)16(15(17)18)10-6-3-7-11-16/h4-5,8-9,12H,3,6-7,10-11H2,1-2H3,(H,17,18). The van der Waals surface area contributed by atoms with Gasteiger partial charge in [-0.1, -0.05) is 43.5 Å². The summed E-state index contributed by atoms with van der Waals surface area (Å²) < 4.78 is 5.40. The van der Waals surface area contributed by atoms with Gasteiger partial charge >= 0.3 is 5.97 Å². The number of ether oxygens (including phenoxy) is 1. The number of aliphatic carboxylic acids is 1. The summed E-state index contributed by atoms with van der Waals surface area (Å²) in [4.78, 5) is 11.9. The van der Waals surface area contributed by atoms with Gasteiger partial charge in [0.2, 0.25) is 0 Å². The van der Waals surface area contributed by atoms with Crippen LogP contribution < -0.4 is 0 Å². The maximum absolute atomic E-state index is 11.9. The lowest BCUT2D eigenvalue weighted by Crippen LogP contribution is -2.39. The second kappa shape index (κ2) is 5.74. The first kappa shape index (κ1) is 14.1. The van der Waals surface area contributed by atoms with Crippen molar-refractivity contribution in [1.29, 1.82) is 0 Å². The summed E-state index contributed by atoms with van der Waals surface area (Å²) in [7, 11) is 1.66. The number of benzene rings is 1. The lowest BCUT2D eigenvalue weighted by molar-refractivity contribution is -0.145. The van der Waals surface area contributed by atoms with Crippen LogP contribution in [0.5, 0.6) is 0 Å². The molecule has 1 aliphatic rings. The molecule has 3 nitrogen and oxygen atoms in total. The molecule has 0 aliphatic heterocycles. The van der Waals surface area contributed by atoms with Gasteiger partial charge in [-0.05, 0) is 30.9 Å². The van der Waals surface area contributed by atoms with Crippen molar-refractivity contribution in [3.05, 3.63) is 35.4 Å². The SMILES string of the molecule is COC(C)c1ccccc1C1(C(=O)O)CCCCC1. The van der Waals surface area contributed by atoms with Crippen LogP contribution in [0.1, 0.15) is 56.3 Å². The zero-order chi connectivity index (χ0) is 13.9. The zero-order valence-corrected chi connectivity index (χ0v) is 11.7. The van der Waals surface area contributed by atoms with E-state index in [-0.39, 0.29) is 6.10 Å². The molecule has 0 radical (unpaired) electrons. The average molecular weight is 262 g/mol. The molecule has 0 spiro atoms. The summed E-state index contributed by atoms with van der Waals surface area (Å²) in [5, 5.41) is 9.78. The zero-order valence-electron chi connectivity index (χ0n) is 11.7. The van der Waals surface area contributed by atoms with Crippen molar-refractivity contribution in [2.24, 2.45) is 0 Å². The van der Waals surface area contributed by atoms with E-state index in [4.69, 9.17) is 4.74 Å². The lowest BCUT2D eigenvalue weighted by atomic mass is 9.67. The summed E-state index contributed by atoms with van der Waals surface area (Å²) in [6, 6.07) is 7.83. The molecule has 1 aromatic carbocycles. The Morgan fingerprint density at radius 2 is 1.89 bits per heavy atom. The molecule has 1 unspecified atom stereocenters. The Kier molecular flexibility index (Phi) is 4.25. The monoisotopic (exact) mass is 262 g/mol. The van der Waals surface area contributed by atoms with Gasteiger partial charge in [0.1, 0.15) is 0 Å². The molecular weight excluding hydrogens is 240 g/mol. The molecule has 19 heavy (non-hydrogen) atoms. The molecule has 1 atom stereocenters. The Labute approximate surface area is 114 Å². The highest BCUT2D eigenvalue weighted by atomic mass is 16.5. The second-order valence-corrected chi connectivity index (χ2v) is 5.41. The maximum atomic E-state index is 11.9. The Balaban J connectivity index is 2.50. The lowest BCUT2D eigenvalue weighted by Gasteiger charge is -2.36.